The van der Waals surface area contributed by atoms with Gasteiger partial charge in [0.1, 0.15) is 17.3 Å². The highest BCUT2D eigenvalue weighted by Crippen LogP contribution is 2.38. The summed E-state index contributed by atoms with van der Waals surface area (Å²) in [5.41, 5.74) is 5.08. The summed E-state index contributed by atoms with van der Waals surface area (Å²) in [6.07, 6.45) is 0.920. The zero-order valence-electron chi connectivity index (χ0n) is 15.0. The highest BCUT2D eigenvalue weighted by molar-refractivity contribution is 6.31. The summed E-state index contributed by atoms with van der Waals surface area (Å²) >= 11 is 6.32. The first-order valence-electron chi connectivity index (χ1n) is 8.47. The predicted molar refractivity (Wildman–Crippen MR) is 104 cm³/mol. The van der Waals surface area contributed by atoms with Crippen LogP contribution in [0.2, 0.25) is 5.02 Å². The minimum Gasteiger partial charge on any atom is -0.497 e. The molecule has 0 fully saturated rings. The second-order valence-corrected chi connectivity index (χ2v) is 6.66. The Hall–Kier alpha value is -2.66. The molecule has 0 unspecified atom stereocenters. The van der Waals surface area contributed by atoms with Crippen LogP contribution in [0.25, 0.3) is 16.9 Å². The Bertz CT molecular complexity index is 959. The Kier molecular flexibility index (Phi) is 4.24. The molecule has 134 valence electrons. The summed E-state index contributed by atoms with van der Waals surface area (Å²) in [7, 11) is 3.30. The van der Waals surface area contributed by atoms with Crippen LogP contribution in [0, 0.1) is 6.92 Å². The van der Waals surface area contributed by atoms with Gasteiger partial charge in [-0.3, -0.25) is 0 Å². The average molecular weight is 370 g/mol. The highest BCUT2D eigenvalue weighted by Gasteiger charge is 2.25. The van der Waals surface area contributed by atoms with Gasteiger partial charge in [0.05, 0.1) is 25.6 Å². The highest BCUT2D eigenvalue weighted by atomic mass is 35.5. The zero-order chi connectivity index (χ0) is 18.3. The van der Waals surface area contributed by atoms with Gasteiger partial charge in [-0.25, -0.2) is 4.68 Å². The van der Waals surface area contributed by atoms with E-state index in [1.807, 2.05) is 48.0 Å². The van der Waals surface area contributed by atoms with Crippen LogP contribution in [0.3, 0.4) is 0 Å². The molecule has 3 aromatic rings. The molecule has 0 radical (unpaired) electrons. The Morgan fingerprint density at radius 1 is 1.12 bits per heavy atom. The van der Waals surface area contributed by atoms with Crippen molar-refractivity contribution in [3.05, 3.63) is 52.5 Å². The number of hydrogen-bond donors (Lipinski definition) is 1. The molecule has 1 aromatic heterocycles. The first kappa shape index (κ1) is 16.8. The summed E-state index contributed by atoms with van der Waals surface area (Å²) in [4.78, 5) is 0. The van der Waals surface area contributed by atoms with Gasteiger partial charge in [0.25, 0.3) is 0 Å². The second kappa shape index (κ2) is 6.57. The summed E-state index contributed by atoms with van der Waals surface area (Å²) in [6, 6.07) is 11.7. The van der Waals surface area contributed by atoms with E-state index >= 15 is 0 Å². The van der Waals surface area contributed by atoms with E-state index in [2.05, 4.69) is 5.32 Å². The number of ether oxygens (including phenoxy) is 2. The van der Waals surface area contributed by atoms with Gasteiger partial charge in [-0.05, 0) is 43.2 Å². The first-order valence-corrected chi connectivity index (χ1v) is 8.85. The first-order chi connectivity index (χ1) is 12.6. The van der Waals surface area contributed by atoms with E-state index in [1.54, 1.807) is 14.2 Å². The van der Waals surface area contributed by atoms with E-state index in [0.29, 0.717) is 0 Å². The van der Waals surface area contributed by atoms with Gasteiger partial charge in [0.15, 0.2) is 0 Å². The number of benzene rings is 2. The largest absolute Gasteiger partial charge is 0.497 e. The molecule has 0 saturated carbocycles. The van der Waals surface area contributed by atoms with E-state index in [0.717, 1.165) is 57.8 Å². The molecule has 0 spiro atoms. The molecule has 0 amide bonds. The molecule has 0 bridgehead atoms. The number of nitrogens with one attached hydrogen (secondary N) is 1. The Morgan fingerprint density at radius 3 is 2.54 bits per heavy atom. The summed E-state index contributed by atoms with van der Waals surface area (Å²) in [5.74, 6) is 2.51. The zero-order valence-corrected chi connectivity index (χ0v) is 15.7. The number of fused-ring (bicyclic) bond motifs is 1. The standard InChI is InChI=1S/C20H20ClN3O2/c1-12-17(21)5-4-6-18(12)24-20-16(7-8-22-20)19(23-24)13-9-14(25-2)11-15(10-13)26-3/h4-6,9-11,22H,7-8H2,1-3H3. The third-order valence-electron chi connectivity index (χ3n) is 4.74. The van der Waals surface area contributed by atoms with Crippen LogP contribution in [-0.4, -0.2) is 30.5 Å². The fourth-order valence-electron chi connectivity index (χ4n) is 3.35. The van der Waals surface area contributed by atoms with Crippen LogP contribution >= 0.6 is 11.6 Å². The lowest BCUT2D eigenvalue weighted by Crippen LogP contribution is -2.06. The third kappa shape index (κ3) is 2.69. The number of aromatic nitrogens is 2. The fraction of sp³-hybridized carbons (Fsp3) is 0.250. The molecule has 4 rings (SSSR count). The van der Waals surface area contributed by atoms with E-state index in [4.69, 9.17) is 26.2 Å². The van der Waals surface area contributed by atoms with Crippen molar-refractivity contribution in [2.45, 2.75) is 13.3 Å². The van der Waals surface area contributed by atoms with E-state index in [-0.39, 0.29) is 0 Å². The maximum absolute atomic E-state index is 6.32. The molecule has 2 aromatic carbocycles. The molecule has 26 heavy (non-hydrogen) atoms. The Morgan fingerprint density at radius 2 is 1.85 bits per heavy atom. The number of halogens is 1. The molecule has 1 aliphatic rings. The number of methoxy groups -OCH3 is 2. The summed E-state index contributed by atoms with van der Waals surface area (Å²) in [5, 5.41) is 9.10. The quantitative estimate of drug-likeness (QED) is 0.736. The van der Waals surface area contributed by atoms with Crippen molar-refractivity contribution >= 4 is 17.4 Å². The van der Waals surface area contributed by atoms with Gasteiger partial charge < -0.3 is 14.8 Å². The summed E-state index contributed by atoms with van der Waals surface area (Å²) in [6.45, 7) is 2.90. The normalized spacial score (nSPS) is 12.6. The molecule has 0 aliphatic carbocycles. The lowest BCUT2D eigenvalue weighted by Gasteiger charge is -2.11. The van der Waals surface area contributed by atoms with Crippen molar-refractivity contribution in [2.75, 3.05) is 26.1 Å². The summed E-state index contributed by atoms with van der Waals surface area (Å²) < 4.78 is 12.8. The van der Waals surface area contributed by atoms with Crippen LogP contribution < -0.4 is 14.8 Å². The van der Waals surface area contributed by atoms with Gasteiger partial charge in [0, 0.05) is 28.8 Å². The number of rotatable bonds is 4. The van der Waals surface area contributed by atoms with Crippen molar-refractivity contribution in [1.29, 1.82) is 0 Å². The van der Waals surface area contributed by atoms with Crippen LogP contribution in [0.1, 0.15) is 11.1 Å². The molecule has 2 heterocycles. The molecule has 0 saturated heterocycles. The van der Waals surface area contributed by atoms with Crippen molar-refractivity contribution in [3.8, 4) is 28.4 Å². The lowest BCUT2D eigenvalue weighted by atomic mass is 10.1. The van der Waals surface area contributed by atoms with E-state index in [1.165, 1.54) is 5.56 Å². The number of hydrogen-bond acceptors (Lipinski definition) is 4. The molecule has 0 atom stereocenters. The minimum absolute atomic E-state index is 0.731. The number of anilines is 1. The third-order valence-corrected chi connectivity index (χ3v) is 5.15. The molecular weight excluding hydrogens is 350 g/mol. The molecule has 6 heteroatoms. The van der Waals surface area contributed by atoms with Gasteiger partial charge in [-0.15, -0.1) is 0 Å². The second-order valence-electron chi connectivity index (χ2n) is 6.25. The van der Waals surface area contributed by atoms with Gasteiger partial charge >= 0.3 is 0 Å². The Balaban J connectivity index is 1.91. The van der Waals surface area contributed by atoms with Crippen molar-refractivity contribution < 1.29 is 9.47 Å². The van der Waals surface area contributed by atoms with E-state index in [9.17, 15) is 0 Å². The van der Waals surface area contributed by atoms with Crippen LogP contribution in [0.4, 0.5) is 5.82 Å². The van der Waals surface area contributed by atoms with E-state index < -0.39 is 0 Å². The lowest BCUT2D eigenvalue weighted by molar-refractivity contribution is 0.394. The maximum Gasteiger partial charge on any atom is 0.133 e. The smallest absolute Gasteiger partial charge is 0.133 e. The Labute approximate surface area is 157 Å². The van der Waals surface area contributed by atoms with Crippen LogP contribution in [-0.2, 0) is 6.42 Å². The SMILES string of the molecule is COc1cc(OC)cc(-c2nn(-c3cccc(Cl)c3C)c3c2CCN3)c1. The van der Waals surface area contributed by atoms with Crippen molar-refractivity contribution in [2.24, 2.45) is 0 Å². The predicted octanol–water partition coefficient (Wildman–Crippen LogP) is 4.49. The number of nitrogens with zero attached hydrogens (tertiary/aromatic N) is 2. The topological polar surface area (TPSA) is 48.3 Å². The van der Waals surface area contributed by atoms with Crippen molar-refractivity contribution in [1.82, 2.24) is 9.78 Å². The molecular formula is C20H20ClN3O2. The van der Waals surface area contributed by atoms with Crippen molar-refractivity contribution in [3.63, 3.8) is 0 Å². The molecule has 1 aliphatic heterocycles. The monoisotopic (exact) mass is 369 g/mol. The van der Waals surface area contributed by atoms with Crippen LogP contribution in [0.15, 0.2) is 36.4 Å². The van der Waals surface area contributed by atoms with Gasteiger partial charge in [-0.1, -0.05) is 17.7 Å². The molecule has 5 nitrogen and oxygen atoms in total. The molecule has 1 N–H and O–H groups in total. The van der Waals surface area contributed by atoms with Gasteiger partial charge in [-0.2, -0.15) is 5.10 Å². The van der Waals surface area contributed by atoms with Gasteiger partial charge in [0.2, 0.25) is 0 Å². The van der Waals surface area contributed by atoms with Crippen LogP contribution in [0.5, 0.6) is 11.5 Å². The minimum atomic E-state index is 0.731. The maximum atomic E-state index is 6.32. The fourth-order valence-corrected chi connectivity index (χ4v) is 3.52. The average Bonchev–Trinajstić information content (AvgIpc) is 3.26.